The first-order chi connectivity index (χ1) is 12.3. The number of aliphatic hydroxyl groups is 1. The fraction of sp³-hybridized carbons (Fsp3) is 0.471. The second kappa shape index (κ2) is 5.80. The minimum atomic E-state index is -4.52. The Morgan fingerprint density at radius 1 is 1.23 bits per heavy atom. The summed E-state index contributed by atoms with van der Waals surface area (Å²) in [5, 5.41) is 21.0. The number of anilines is 1. The molecule has 0 aliphatic carbocycles. The third kappa shape index (κ3) is 2.57. The van der Waals surface area contributed by atoms with Crippen LogP contribution in [0, 0.1) is 0 Å². The van der Waals surface area contributed by atoms with Crippen LogP contribution in [0.4, 0.5) is 18.9 Å². The number of pyridine rings is 1. The lowest BCUT2D eigenvalue weighted by Crippen LogP contribution is -2.41. The van der Waals surface area contributed by atoms with E-state index in [1.54, 1.807) is 19.1 Å². The van der Waals surface area contributed by atoms with Gasteiger partial charge in [0.2, 0.25) is 0 Å². The fourth-order valence-electron chi connectivity index (χ4n) is 3.92. The first kappa shape index (κ1) is 17.0. The highest BCUT2D eigenvalue weighted by Crippen LogP contribution is 2.39. The molecular weight excluding hydrogens is 347 g/mol. The van der Waals surface area contributed by atoms with Gasteiger partial charge in [-0.15, -0.1) is 5.10 Å². The van der Waals surface area contributed by atoms with E-state index in [9.17, 15) is 18.3 Å². The van der Waals surface area contributed by atoms with Gasteiger partial charge in [-0.2, -0.15) is 17.7 Å². The number of alkyl halides is 3. The van der Waals surface area contributed by atoms with Gasteiger partial charge < -0.3 is 10.0 Å². The van der Waals surface area contributed by atoms with Gasteiger partial charge in [0, 0.05) is 17.1 Å². The van der Waals surface area contributed by atoms with Crippen LogP contribution < -0.4 is 4.90 Å². The Labute approximate surface area is 147 Å². The van der Waals surface area contributed by atoms with Crippen LogP contribution in [0.1, 0.15) is 32.3 Å². The molecule has 3 atom stereocenters. The molecule has 3 aromatic rings. The third-order valence-electron chi connectivity index (χ3n) is 5.14. The molecule has 0 saturated carbocycles. The lowest BCUT2D eigenvalue weighted by molar-refractivity contribution is -0.136. The number of hydrogen-bond acceptors (Lipinski definition) is 5. The number of fused-ring (bicyclic) bond motifs is 3. The predicted octanol–water partition coefficient (Wildman–Crippen LogP) is 3.03. The molecule has 0 radical (unpaired) electrons. The molecular formula is C17H18F3N5O. The van der Waals surface area contributed by atoms with Crippen molar-refractivity contribution in [3.63, 3.8) is 0 Å². The first-order valence-electron chi connectivity index (χ1n) is 8.46. The number of rotatable bonds is 2. The molecule has 138 valence electrons. The molecule has 1 N–H and O–H groups in total. The Hall–Kier alpha value is -2.42. The lowest BCUT2D eigenvalue weighted by Gasteiger charge is -2.33. The Balaban J connectivity index is 1.95. The topological polar surface area (TPSA) is 66.5 Å². The van der Waals surface area contributed by atoms with Gasteiger partial charge in [-0.3, -0.25) is 0 Å². The second-order valence-corrected chi connectivity index (χ2v) is 6.85. The van der Waals surface area contributed by atoms with E-state index in [0.717, 1.165) is 18.9 Å². The molecule has 2 aromatic heterocycles. The van der Waals surface area contributed by atoms with Crippen LogP contribution in [-0.4, -0.2) is 43.3 Å². The van der Waals surface area contributed by atoms with Crippen molar-refractivity contribution < 1.29 is 18.3 Å². The summed E-state index contributed by atoms with van der Waals surface area (Å²) < 4.78 is 42.1. The molecule has 0 spiro atoms. The summed E-state index contributed by atoms with van der Waals surface area (Å²) in [6.45, 7) is 3.73. The average Bonchev–Trinajstić information content (AvgIpc) is 3.18. The number of aliphatic hydroxyl groups excluding tert-OH is 1. The van der Waals surface area contributed by atoms with E-state index in [1.165, 1.54) is 10.6 Å². The van der Waals surface area contributed by atoms with Crippen molar-refractivity contribution in [3.05, 3.63) is 29.8 Å². The third-order valence-corrected chi connectivity index (χ3v) is 5.14. The number of aromatic nitrogens is 4. The number of tetrazole rings is 1. The molecule has 26 heavy (non-hydrogen) atoms. The zero-order valence-electron chi connectivity index (χ0n) is 14.3. The molecule has 1 aliphatic rings. The highest BCUT2D eigenvalue weighted by atomic mass is 19.4. The Kier molecular flexibility index (Phi) is 3.80. The largest absolute Gasteiger partial charge is 0.417 e. The highest BCUT2D eigenvalue weighted by molar-refractivity contribution is 5.89. The van der Waals surface area contributed by atoms with Crippen molar-refractivity contribution >= 4 is 22.2 Å². The van der Waals surface area contributed by atoms with Crippen molar-refractivity contribution in [1.29, 1.82) is 0 Å². The summed E-state index contributed by atoms with van der Waals surface area (Å²) in [6.07, 6.45) is -3.41. The molecule has 0 amide bonds. The summed E-state index contributed by atoms with van der Waals surface area (Å²) in [7, 11) is 0. The summed E-state index contributed by atoms with van der Waals surface area (Å²) >= 11 is 0. The molecule has 1 aliphatic heterocycles. The van der Waals surface area contributed by atoms with Crippen molar-refractivity contribution in [2.45, 2.75) is 51.1 Å². The van der Waals surface area contributed by atoms with E-state index in [2.05, 4.69) is 15.5 Å². The molecule has 0 bridgehead atoms. The van der Waals surface area contributed by atoms with E-state index < -0.39 is 17.8 Å². The van der Waals surface area contributed by atoms with Crippen LogP contribution in [-0.2, 0) is 6.18 Å². The van der Waals surface area contributed by atoms with Crippen LogP contribution in [0.25, 0.3) is 16.6 Å². The quantitative estimate of drug-likeness (QED) is 0.756. The molecule has 4 rings (SSSR count). The van der Waals surface area contributed by atoms with Crippen molar-refractivity contribution in [2.75, 3.05) is 4.90 Å². The Morgan fingerprint density at radius 2 is 2.00 bits per heavy atom. The van der Waals surface area contributed by atoms with Crippen molar-refractivity contribution in [2.24, 2.45) is 0 Å². The molecule has 1 unspecified atom stereocenters. The maximum absolute atomic E-state index is 13.6. The van der Waals surface area contributed by atoms with E-state index in [1.807, 2.05) is 11.8 Å². The minimum absolute atomic E-state index is 0.0400. The summed E-state index contributed by atoms with van der Waals surface area (Å²) in [5.41, 5.74) is 0.237. The van der Waals surface area contributed by atoms with Crippen LogP contribution in [0.3, 0.4) is 0 Å². The van der Waals surface area contributed by atoms with E-state index >= 15 is 0 Å². The second-order valence-electron chi connectivity index (χ2n) is 6.85. The van der Waals surface area contributed by atoms with Crippen LogP contribution >= 0.6 is 0 Å². The van der Waals surface area contributed by atoms with Gasteiger partial charge in [0.25, 0.3) is 0 Å². The van der Waals surface area contributed by atoms with Crippen molar-refractivity contribution in [1.82, 2.24) is 20.0 Å². The zero-order valence-corrected chi connectivity index (χ0v) is 14.3. The molecule has 9 heteroatoms. The fourth-order valence-corrected chi connectivity index (χ4v) is 3.92. The zero-order chi connectivity index (χ0) is 18.6. The maximum atomic E-state index is 13.6. The van der Waals surface area contributed by atoms with Crippen molar-refractivity contribution in [3.8, 4) is 0 Å². The normalized spacial score (nSPS) is 22.5. The SMILES string of the molecule is CC(O)[C@H]1CC[C@@H](C)N1c1ccc2c(c1)c(C(F)(F)F)cc1nnnn12. The minimum Gasteiger partial charge on any atom is -0.391 e. The molecule has 3 heterocycles. The summed E-state index contributed by atoms with van der Waals surface area (Å²) in [4.78, 5) is 2.01. The van der Waals surface area contributed by atoms with Crippen LogP contribution in [0.2, 0.25) is 0 Å². The summed E-state index contributed by atoms with van der Waals surface area (Å²) in [6, 6.07) is 5.88. The first-order valence-corrected chi connectivity index (χ1v) is 8.46. The van der Waals surface area contributed by atoms with Gasteiger partial charge in [-0.1, -0.05) is 0 Å². The van der Waals surface area contributed by atoms with Gasteiger partial charge >= 0.3 is 6.18 Å². The molecule has 1 aromatic carbocycles. The molecule has 1 fully saturated rings. The number of hydrogen-bond donors (Lipinski definition) is 1. The van der Waals surface area contributed by atoms with Crippen LogP contribution in [0.15, 0.2) is 24.3 Å². The highest BCUT2D eigenvalue weighted by Gasteiger charge is 2.36. The van der Waals surface area contributed by atoms with Gasteiger partial charge in [0.1, 0.15) is 0 Å². The average molecular weight is 365 g/mol. The monoisotopic (exact) mass is 365 g/mol. The number of benzene rings is 1. The lowest BCUT2D eigenvalue weighted by atomic mass is 10.1. The van der Waals surface area contributed by atoms with Gasteiger partial charge in [-0.25, -0.2) is 0 Å². The van der Waals surface area contributed by atoms with Crippen LogP contribution in [0.5, 0.6) is 0 Å². The van der Waals surface area contributed by atoms with E-state index in [0.29, 0.717) is 11.2 Å². The van der Waals surface area contributed by atoms with Gasteiger partial charge in [0.05, 0.1) is 23.2 Å². The molecule has 6 nitrogen and oxygen atoms in total. The smallest absolute Gasteiger partial charge is 0.391 e. The van der Waals surface area contributed by atoms with Gasteiger partial charge in [0.15, 0.2) is 5.65 Å². The van der Waals surface area contributed by atoms with E-state index in [-0.39, 0.29) is 23.1 Å². The standard InChI is InChI=1S/C17H18F3N5O/c1-9-3-5-14(10(2)26)24(9)11-4-6-15-12(7-11)13(17(18,19)20)8-16-21-22-23-25(15)16/h4,6-10,14,26H,3,5H2,1-2H3/t9-,10?,14-/m1/s1. The predicted molar refractivity (Wildman–Crippen MR) is 89.9 cm³/mol. The number of nitrogens with zero attached hydrogens (tertiary/aromatic N) is 5. The Bertz CT molecular complexity index is 968. The van der Waals surface area contributed by atoms with Gasteiger partial charge in [-0.05, 0) is 61.4 Å². The maximum Gasteiger partial charge on any atom is 0.417 e. The molecule has 1 saturated heterocycles. The van der Waals surface area contributed by atoms with E-state index in [4.69, 9.17) is 0 Å². The number of halogens is 3. The Morgan fingerprint density at radius 3 is 2.69 bits per heavy atom. The summed E-state index contributed by atoms with van der Waals surface area (Å²) in [5.74, 6) is 0.